The number of likely N-dealkylation sites (tertiary alicyclic amines) is 1. The second-order valence-electron chi connectivity index (χ2n) is 7.52. The Kier molecular flexibility index (Phi) is 4.66. The number of nitrogens with zero attached hydrogens (tertiary/aromatic N) is 1. The fourth-order valence-corrected chi connectivity index (χ4v) is 4.30. The van der Waals surface area contributed by atoms with Crippen molar-refractivity contribution >= 4 is 22.8 Å². The third-order valence-corrected chi connectivity index (χ3v) is 5.84. The average Bonchev–Trinajstić information content (AvgIpc) is 3.07. The second kappa shape index (κ2) is 7.09. The molecule has 6 heteroatoms. The molecule has 2 aliphatic rings. The first-order valence-electron chi connectivity index (χ1n) is 9.58. The van der Waals surface area contributed by atoms with Crippen LogP contribution in [0.5, 0.6) is 0 Å². The molecule has 2 fully saturated rings. The monoisotopic (exact) mass is 356 g/mol. The molecule has 1 saturated heterocycles. The molecule has 1 aliphatic carbocycles. The molecule has 2 heterocycles. The largest absolute Gasteiger partial charge is 0.417 e. The van der Waals surface area contributed by atoms with Gasteiger partial charge in [-0.15, -0.1) is 0 Å². The lowest BCUT2D eigenvalue weighted by atomic mass is 9.85. The van der Waals surface area contributed by atoms with E-state index in [0.29, 0.717) is 42.6 Å². The van der Waals surface area contributed by atoms with E-state index in [4.69, 9.17) is 4.42 Å². The zero-order chi connectivity index (χ0) is 18.1. The fourth-order valence-electron chi connectivity index (χ4n) is 4.30. The number of piperidine rings is 1. The van der Waals surface area contributed by atoms with Crippen LogP contribution in [0, 0.1) is 11.8 Å². The van der Waals surface area contributed by atoms with Crippen LogP contribution in [0.3, 0.4) is 0 Å². The Balaban J connectivity index is 1.39. The highest BCUT2D eigenvalue weighted by Gasteiger charge is 2.31. The smallest absolute Gasteiger partial charge is 0.408 e. The van der Waals surface area contributed by atoms with E-state index in [1.54, 1.807) is 18.2 Å². The summed E-state index contributed by atoms with van der Waals surface area (Å²) >= 11 is 0. The first kappa shape index (κ1) is 17.1. The normalized spacial score (nSPS) is 19.8. The molecule has 1 aliphatic heterocycles. The predicted molar refractivity (Wildman–Crippen MR) is 97.0 cm³/mol. The van der Waals surface area contributed by atoms with E-state index < -0.39 is 5.76 Å². The van der Waals surface area contributed by atoms with E-state index in [-0.39, 0.29) is 23.5 Å². The van der Waals surface area contributed by atoms with Crippen LogP contribution in [0.1, 0.15) is 55.3 Å². The summed E-state index contributed by atoms with van der Waals surface area (Å²) in [6.07, 6.45) is 6.98. The van der Waals surface area contributed by atoms with Gasteiger partial charge in [-0.05, 0) is 43.9 Å². The molecule has 1 amide bonds. The molecular weight excluding hydrogens is 332 g/mol. The molecule has 0 bridgehead atoms. The summed E-state index contributed by atoms with van der Waals surface area (Å²) < 4.78 is 5.05. The minimum absolute atomic E-state index is 0.0699. The van der Waals surface area contributed by atoms with Crippen molar-refractivity contribution in [3.05, 3.63) is 34.3 Å². The number of benzene rings is 1. The molecule has 1 saturated carbocycles. The topological polar surface area (TPSA) is 83.4 Å². The van der Waals surface area contributed by atoms with E-state index in [1.165, 1.54) is 6.42 Å². The number of Topliss-reactive ketones (excluding diaryl/α,β-unsaturated/α-hetero) is 1. The van der Waals surface area contributed by atoms with Gasteiger partial charge in [0.2, 0.25) is 5.91 Å². The van der Waals surface area contributed by atoms with Gasteiger partial charge in [-0.25, -0.2) is 4.79 Å². The van der Waals surface area contributed by atoms with E-state index in [1.807, 2.05) is 4.90 Å². The molecule has 4 rings (SSSR count). The highest BCUT2D eigenvalue weighted by molar-refractivity contribution is 6.00. The average molecular weight is 356 g/mol. The first-order valence-corrected chi connectivity index (χ1v) is 9.58. The number of amides is 1. The van der Waals surface area contributed by atoms with E-state index in [9.17, 15) is 14.4 Å². The Labute approximate surface area is 151 Å². The van der Waals surface area contributed by atoms with Crippen molar-refractivity contribution in [3.8, 4) is 0 Å². The maximum absolute atomic E-state index is 12.8. The Morgan fingerprint density at radius 1 is 1.00 bits per heavy atom. The highest BCUT2D eigenvalue weighted by atomic mass is 16.4. The first-order chi connectivity index (χ1) is 12.6. The van der Waals surface area contributed by atoms with Crippen LogP contribution in [0.4, 0.5) is 0 Å². The lowest BCUT2D eigenvalue weighted by Crippen LogP contribution is -2.43. The number of hydrogen-bond acceptors (Lipinski definition) is 4. The zero-order valence-electron chi connectivity index (χ0n) is 14.8. The van der Waals surface area contributed by atoms with Gasteiger partial charge in [0.1, 0.15) is 0 Å². The summed E-state index contributed by atoms with van der Waals surface area (Å²) in [5.74, 6) is -0.0471. The zero-order valence-corrected chi connectivity index (χ0v) is 14.8. The number of aromatic amines is 1. The molecule has 0 unspecified atom stereocenters. The Morgan fingerprint density at radius 3 is 2.46 bits per heavy atom. The summed E-state index contributed by atoms with van der Waals surface area (Å²) in [7, 11) is 0. The summed E-state index contributed by atoms with van der Waals surface area (Å²) in [6.45, 7) is 1.32. The van der Waals surface area contributed by atoms with Gasteiger partial charge < -0.3 is 9.32 Å². The summed E-state index contributed by atoms with van der Waals surface area (Å²) in [6, 6.07) is 5.07. The van der Waals surface area contributed by atoms with Crippen molar-refractivity contribution in [2.75, 3.05) is 13.1 Å². The van der Waals surface area contributed by atoms with Crippen molar-refractivity contribution in [1.82, 2.24) is 9.88 Å². The Bertz CT molecular complexity index is 867. The molecule has 1 aromatic carbocycles. The Morgan fingerprint density at radius 2 is 1.73 bits per heavy atom. The number of fused-ring (bicyclic) bond motifs is 1. The summed E-state index contributed by atoms with van der Waals surface area (Å²) in [5.41, 5.74) is 1.57. The van der Waals surface area contributed by atoms with Crippen LogP contribution < -0.4 is 5.76 Å². The maximum atomic E-state index is 12.8. The summed E-state index contributed by atoms with van der Waals surface area (Å²) in [5, 5.41) is 0. The molecule has 1 aromatic heterocycles. The van der Waals surface area contributed by atoms with Crippen molar-refractivity contribution in [2.45, 2.75) is 44.9 Å². The lowest BCUT2D eigenvalue weighted by molar-refractivity contribution is -0.137. The Hall–Kier alpha value is -2.37. The number of carbonyl (C=O) groups is 2. The highest BCUT2D eigenvalue weighted by Crippen LogP contribution is 2.28. The third-order valence-electron chi connectivity index (χ3n) is 5.84. The van der Waals surface area contributed by atoms with Crippen molar-refractivity contribution < 1.29 is 14.0 Å². The van der Waals surface area contributed by atoms with Crippen LogP contribution in [0.25, 0.3) is 11.1 Å². The van der Waals surface area contributed by atoms with Gasteiger partial charge in [0.25, 0.3) is 0 Å². The number of oxazole rings is 1. The number of nitrogens with one attached hydrogen (secondary N) is 1. The number of rotatable bonds is 3. The van der Waals surface area contributed by atoms with Gasteiger partial charge in [-0.3, -0.25) is 14.6 Å². The van der Waals surface area contributed by atoms with E-state index in [0.717, 1.165) is 25.7 Å². The van der Waals surface area contributed by atoms with Crippen LogP contribution >= 0.6 is 0 Å². The maximum Gasteiger partial charge on any atom is 0.417 e. The van der Waals surface area contributed by atoms with Crippen LogP contribution in [-0.2, 0) is 4.79 Å². The number of hydrogen-bond donors (Lipinski definition) is 1. The predicted octanol–water partition coefficient (Wildman–Crippen LogP) is 3.12. The summed E-state index contributed by atoms with van der Waals surface area (Å²) in [4.78, 5) is 41.2. The minimum atomic E-state index is -0.515. The molecule has 0 radical (unpaired) electrons. The number of H-pyrrole nitrogens is 1. The van der Waals surface area contributed by atoms with Gasteiger partial charge in [-0.1, -0.05) is 19.3 Å². The molecule has 26 heavy (non-hydrogen) atoms. The molecule has 1 N–H and O–H groups in total. The molecular formula is C20H24N2O4. The quantitative estimate of drug-likeness (QED) is 0.857. The van der Waals surface area contributed by atoms with Gasteiger partial charge in [0, 0.05) is 30.5 Å². The minimum Gasteiger partial charge on any atom is -0.408 e. The number of aromatic nitrogens is 1. The number of carbonyl (C=O) groups excluding carboxylic acids is 2. The molecule has 0 spiro atoms. The van der Waals surface area contributed by atoms with Gasteiger partial charge in [0.15, 0.2) is 11.4 Å². The molecule has 0 atom stereocenters. The SMILES string of the molecule is O=C(c1ccc2[nH]c(=O)oc2c1)C1CCN(C(=O)C2CCCCC2)CC1. The van der Waals surface area contributed by atoms with E-state index in [2.05, 4.69) is 4.98 Å². The van der Waals surface area contributed by atoms with Crippen LogP contribution in [0.2, 0.25) is 0 Å². The molecule has 6 nitrogen and oxygen atoms in total. The van der Waals surface area contributed by atoms with Gasteiger partial charge in [-0.2, -0.15) is 0 Å². The molecule has 2 aromatic rings. The fraction of sp³-hybridized carbons (Fsp3) is 0.550. The van der Waals surface area contributed by atoms with Crippen molar-refractivity contribution in [2.24, 2.45) is 11.8 Å². The third kappa shape index (κ3) is 3.32. The van der Waals surface area contributed by atoms with Crippen LogP contribution in [0.15, 0.2) is 27.4 Å². The van der Waals surface area contributed by atoms with Crippen molar-refractivity contribution in [1.29, 1.82) is 0 Å². The lowest BCUT2D eigenvalue weighted by Gasteiger charge is -2.34. The van der Waals surface area contributed by atoms with Crippen molar-refractivity contribution in [3.63, 3.8) is 0 Å². The number of ketones is 1. The van der Waals surface area contributed by atoms with Crippen LogP contribution in [-0.4, -0.2) is 34.7 Å². The molecule has 138 valence electrons. The standard InChI is InChI=1S/C20H24N2O4/c23-18(15-6-7-16-17(12-15)26-20(25)21-16)13-8-10-22(11-9-13)19(24)14-4-2-1-3-5-14/h6-7,12-14H,1-5,8-11H2,(H,21,25). The second-order valence-corrected chi connectivity index (χ2v) is 7.52. The van der Waals surface area contributed by atoms with Gasteiger partial charge in [0.05, 0.1) is 5.52 Å². The van der Waals surface area contributed by atoms with Gasteiger partial charge >= 0.3 is 5.76 Å². The van der Waals surface area contributed by atoms with E-state index >= 15 is 0 Å².